The van der Waals surface area contributed by atoms with Crippen LogP contribution < -0.4 is 16.0 Å². The maximum absolute atomic E-state index is 12.9. The lowest BCUT2D eigenvalue weighted by atomic mass is 10.1. The molecule has 0 atom stereocenters. The van der Waals surface area contributed by atoms with Gasteiger partial charge in [-0.25, -0.2) is 0 Å². The van der Waals surface area contributed by atoms with E-state index in [9.17, 15) is 14.4 Å². The lowest BCUT2D eigenvalue weighted by Gasteiger charge is -2.13. The Labute approximate surface area is 197 Å². The molecule has 0 radical (unpaired) electrons. The molecule has 3 N–H and O–H groups in total. The molecule has 0 bridgehead atoms. The van der Waals surface area contributed by atoms with E-state index in [0.717, 1.165) is 5.56 Å². The van der Waals surface area contributed by atoms with Crippen LogP contribution in [0.15, 0.2) is 109 Å². The van der Waals surface area contributed by atoms with Gasteiger partial charge in [-0.2, -0.15) is 0 Å². The van der Waals surface area contributed by atoms with Gasteiger partial charge in [0.05, 0.1) is 0 Å². The van der Waals surface area contributed by atoms with Gasteiger partial charge in [-0.05, 0) is 48.0 Å². The maximum atomic E-state index is 12.9. The number of hydrogen-bond acceptors (Lipinski definition) is 3. The first-order valence-electron chi connectivity index (χ1n) is 10.8. The van der Waals surface area contributed by atoms with Gasteiger partial charge in [-0.15, -0.1) is 0 Å². The molecule has 4 aromatic rings. The average molecular weight is 450 g/mol. The minimum absolute atomic E-state index is 0.310. The summed E-state index contributed by atoms with van der Waals surface area (Å²) in [7, 11) is 0. The Morgan fingerprint density at radius 3 is 1.41 bits per heavy atom. The summed E-state index contributed by atoms with van der Waals surface area (Å²) in [4.78, 5) is 38.2. The topological polar surface area (TPSA) is 87.3 Å². The molecule has 0 unspecified atom stereocenters. The number of anilines is 2. The van der Waals surface area contributed by atoms with Crippen LogP contribution in [0, 0.1) is 0 Å². The molecule has 4 aromatic carbocycles. The quantitative estimate of drug-likeness (QED) is 0.366. The summed E-state index contributed by atoms with van der Waals surface area (Å²) in [5, 5.41) is 8.50. The second kappa shape index (κ2) is 10.7. The molecule has 0 spiro atoms. The Bertz CT molecular complexity index is 1220. The molecule has 6 nitrogen and oxygen atoms in total. The van der Waals surface area contributed by atoms with Crippen LogP contribution in [-0.4, -0.2) is 17.7 Å². The van der Waals surface area contributed by atoms with E-state index in [1.54, 1.807) is 66.7 Å². The summed E-state index contributed by atoms with van der Waals surface area (Å²) in [5.41, 5.74) is 3.02. The first kappa shape index (κ1) is 22.5. The SMILES string of the molecule is O=C(NCc1ccccc1)c1cc(NC(=O)c2ccccc2)cc(NC(=O)c2ccccc2)c1. The van der Waals surface area contributed by atoms with E-state index < -0.39 is 0 Å². The molecule has 34 heavy (non-hydrogen) atoms. The Hall–Kier alpha value is -4.71. The minimum Gasteiger partial charge on any atom is -0.348 e. The summed E-state index contributed by atoms with van der Waals surface area (Å²) in [5.74, 6) is -0.958. The van der Waals surface area contributed by atoms with E-state index in [-0.39, 0.29) is 17.7 Å². The van der Waals surface area contributed by atoms with Crippen molar-refractivity contribution in [3.8, 4) is 0 Å². The van der Waals surface area contributed by atoms with Gasteiger partial charge in [-0.3, -0.25) is 14.4 Å². The Kier molecular flexibility index (Phi) is 7.10. The van der Waals surface area contributed by atoms with Crippen molar-refractivity contribution < 1.29 is 14.4 Å². The highest BCUT2D eigenvalue weighted by molar-refractivity contribution is 6.08. The maximum Gasteiger partial charge on any atom is 0.255 e. The lowest BCUT2D eigenvalue weighted by molar-refractivity contribution is 0.0948. The van der Waals surface area contributed by atoms with Crippen LogP contribution in [0.2, 0.25) is 0 Å². The van der Waals surface area contributed by atoms with Crippen molar-refractivity contribution in [1.29, 1.82) is 0 Å². The third kappa shape index (κ3) is 5.95. The normalized spacial score (nSPS) is 10.2. The van der Waals surface area contributed by atoms with Crippen LogP contribution in [0.3, 0.4) is 0 Å². The van der Waals surface area contributed by atoms with Crippen LogP contribution in [0.5, 0.6) is 0 Å². The molecular weight excluding hydrogens is 426 g/mol. The van der Waals surface area contributed by atoms with E-state index >= 15 is 0 Å². The minimum atomic E-state index is -0.324. The highest BCUT2D eigenvalue weighted by atomic mass is 16.2. The van der Waals surface area contributed by atoms with Crippen LogP contribution >= 0.6 is 0 Å². The Morgan fingerprint density at radius 2 is 0.941 bits per heavy atom. The van der Waals surface area contributed by atoms with Crippen LogP contribution in [-0.2, 0) is 6.54 Å². The second-order valence-corrected chi connectivity index (χ2v) is 7.61. The van der Waals surface area contributed by atoms with Crippen molar-refractivity contribution in [2.45, 2.75) is 6.54 Å². The fourth-order valence-corrected chi connectivity index (χ4v) is 3.37. The van der Waals surface area contributed by atoms with Crippen LogP contribution in [0.4, 0.5) is 11.4 Å². The fourth-order valence-electron chi connectivity index (χ4n) is 3.37. The predicted molar refractivity (Wildman–Crippen MR) is 133 cm³/mol. The summed E-state index contributed by atoms with van der Waals surface area (Å²) < 4.78 is 0. The molecule has 0 aliphatic carbocycles. The zero-order chi connectivity index (χ0) is 23.8. The van der Waals surface area contributed by atoms with E-state index in [1.165, 1.54) is 0 Å². The first-order chi connectivity index (χ1) is 16.6. The Morgan fingerprint density at radius 1 is 0.500 bits per heavy atom. The van der Waals surface area contributed by atoms with Crippen molar-refractivity contribution in [1.82, 2.24) is 5.32 Å². The van der Waals surface area contributed by atoms with Gasteiger partial charge in [0, 0.05) is 34.6 Å². The number of hydrogen-bond donors (Lipinski definition) is 3. The van der Waals surface area contributed by atoms with Gasteiger partial charge in [-0.1, -0.05) is 66.7 Å². The zero-order valence-corrected chi connectivity index (χ0v) is 18.3. The molecule has 6 heteroatoms. The molecule has 0 saturated carbocycles. The summed E-state index contributed by atoms with van der Waals surface area (Å²) in [6, 6.07) is 31.9. The highest BCUT2D eigenvalue weighted by Crippen LogP contribution is 2.21. The molecule has 0 aromatic heterocycles. The van der Waals surface area contributed by atoms with Crippen molar-refractivity contribution >= 4 is 29.1 Å². The zero-order valence-electron chi connectivity index (χ0n) is 18.3. The summed E-state index contributed by atoms with van der Waals surface area (Å²) in [6.07, 6.45) is 0. The van der Waals surface area contributed by atoms with E-state index in [1.807, 2.05) is 42.5 Å². The fraction of sp³-hybridized carbons (Fsp3) is 0.0357. The van der Waals surface area contributed by atoms with Gasteiger partial charge in [0.1, 0.15) is 0 Å². The van der Waals surface area contributed by atoms with E-state index in [4.69, 9.17) is 0 Å². The monoisotopic (exact) mass is 449 g/mol. The molecule has 168 valence electrons. The smallest absolute Gasteiger partial charge is 0.255 e. The molecule has 0 saturated heterocycles. The predicted octanol–water partition coefficient (Wildman–Crippen LogP) is 5.12. The second-order valence-electron chi connectivity index (χ2n) is 7.61. The van der Waals surface area contributed by atoms with Crippen molar-refractivity contribution in [2.75, 3.05) is 10.6 Å². The largest absolute Gasteiger partial charge is 0.348 e. The van der Waals surface area contributed by atoms with Crippen molar-refractivity contribution in [3.05, 3.63) is 131 Å². The number of amides is 3. The third-order valence-electron chi connectivity index (χ3n) is 5.08. The van der Waals surface area contributed by atoms with Gasteiger partial charge in [0.15, 0.2) is 0 Å². The van der Waals surface area contributed by atoms with Gasteiger partial charge >= 0.3 is 0 Å². The first-order valence-corrected chi connectivity index (χ1v) is 10.8. The molecule has 4 rings (SSSR count). The van der Waals surface area contributed by atoms with Crippen molar-refractivity contribution in [3.63, 3.8) is 0 Å². The number of carbonyl (C=O) groups is 3. The molecule has 3 amide bonds. The average Bonchev–Trinajstić information content (AvgIpc) is 2.88. The number of nitrogens with one attached hydrogen (secondary N) is 3. The third-order valence-corrected chi connectivity index (χ3v) is 5.08. The number of rotatable bonds is 7. The van der Waals surface area contributed by atoms with Gasteiger partial charge in [0.2, 0.25) is 0 Å². The van der Waals surface area contributed by atoms with Crippen LogP contribution in [0.25, 0.3) is 0 Å². The standard InChI is InChI=1S/C28H23N3O3/c32-26(29-19-20-10-4-1-5-11-20)23-16-24(30-27(33)21-12-6-2-7-13-21)18-25(17-23)31-28(34)22-14-8-3-9-15-22/h1-18H,19H2,(H,29,32)(H,30,33)(H,31,34). The summed E-state index contributed by atoms with van der Waals surface area (Å²) >= 11 is 0. The van der Waals surface area contributed by atoms with E-state index in [0.29, 0.717) is 34.6 Å². The molecule has 0 aliphatic rings. The van der Waals surface area contributed by atoms with Crippen LogP contribution in [0.1, 0.15) is 36.6 Å². The molecular formula is C28H23N3O3. The number of benzene rings is 4. The molecule has 0 fully saturated rings. The lowest BCUT2D eigenvalue weighted by Crippen LogP contribution is -2.23. The Balaban J connectivity index is 1.57. The van der Waals surface area contributed by atoms with E-state index in [2.05, 4.69) is 16.0 Å². The van der Waals surface area contributed by atoms with Gasteiger partial charge in [0.25, 0.3) is 17.7 Å². The molecule has 0 heterocycles. The van der Waals surface area contributed by atoms with Crippen molar-refractivity contribution in [2.24, 2.45) is 0 Å². The molecule has 0 aliphatic heterocycles. The highest BCUT2D eigenvalue weighted by Gasteiger charge is 2.14. The summed E-state index contributed by atoms with van der Waals surface area (Å²) in [6.45, 7) is 0.353. The van der Waals surface area contributed by atoms with Gasteiger partial charge < -0.3 is 16.0 Å². The number of carbonyl (C=O) groups excluding carboxylic acids is 3.